The summed E-state index contributed by atoms with van der Waals surface area (Å²) in [5, 5.41) is 3.36. The summed E-state index contributed by atoms with van der Waals surface area (Å²) in [7, 11) is 3.78. The minimum Gasteiger partial charge on any atom is -0.389 e. The Kier molecular flexibility index (Phi) is 7.30. The molecule has 19 heavy (non-hydrogen) atoms. The van der Waals surface area contributed by atoms with Crippen molar-refractivity contribution in [3.63, 3.8) is 0 Å². The first-order valence-electron chi connectivity index (χ1n) is 6.05. The molecule has 1 aromatic rings. The molecule has 0 atom stereocenters. The fourth-order valence-corrected chi connectivity index (χ4v) is 2.16. The molecule has 106 valence electrons. The Labute approximate surface area is 128 Å². The van der Waals surface area contributed by atoms with Crippen LogP contribution < -0.4 is 11.1 Å². The fourth-order valence-electron chi connectivity index (χ4n) is 1.62. The summed E-state index contributed by atoms with van der Waals surface area (Å²) in [4.78, 5) is 2.61. The minimum absolute atomic E-state index is 0.405. The number of benzene rings is 1. The van der Waals surface area contributed by atoms with Crippen LogP contribution in [-0.4, -0.2) is 50.3 Å². The van der Waals surface area contributed by atoms with Crippen LogP contribution in [0, 0.1) is 0 Å². The summed E-state index contributed by atoms with van der Waals surface area (Å²) in [6.07, 6.45) is 0. The number of anilines is 1. The van der Waals surface area contributed by atoms with E-state index in [9.17, 15) is 0 Å². The molecule has 0 heterocycles. The lowest BCUT2D eigenvalue weighted by Gasteiger charge is -2.18. The second-order valence-corrected chi connectivity index (χ2v) is 5.63. The van der Waals surface area contributed by atoms with E-state index < -0.39 is 0 Å². The van der Waals surface area contributed by atoms with Crippen LogP contribution >= 0.6 is 28.1 Å². The molecule has 6 heteroatoms. The van der Waals surface area contributed by atoms with Gasteiger partial charge in [0.15, 0.2) is 0 Å². The van der Waals surface area contributed by atoms with Crippen molar-refractivity contribution >= 4 is 38.8 Å². The third-order valence-electron chi connectivity index (χ3n) is 2.73. The highest BCUT2D eigenvalue weighted by Crippen LogP contribution is 2.21. The zero-order valence-corrected chi connectivity index (χ0v) is 13.7. The number of likely N-dealkylation sites (N-methyl/N-ethyl adjacent to an activating group) is 1. The molecule has 0 spiro atoms. The number of nitrogens with zero attached hydrogens (tertiary/aromatic N) is 1. The Hall–Kier alpha value is -0.690. The molecule has 3 N–H and O–H groups in total. The SMILES string of the molecule is COCCN(C)CCNc1cc(Br)ccc1C(N)=S. The molecule has 4 nitrogen and oxygen atoms in total. The van der Waals surface area contributed by atoms with Crippen molar-refractivity contribution in [3.8, 4) is 0 Å². The van der Waals surface area contributed by atoms with Crippen LogP contribution in [0.15, 0.2) is 22.7 Å². The van der Waals surface area contributed by atoms with Crippen molar-refractivity contribution in [1.82, 2.24) is 4.90 Å². The average molecular weight is 346 g/mol. The topological polar surface area (TPSA) is 50.5 Å². The Morgan fingerprint density at radius 1 is 1.47 bits per heavy atom. The van der Waals surface area contributed by atoms with Crippen LogP contribution in [0.4, 0.5) is 5.69 Å². The van der Waals surface area contributed by atoms with Gasteiger partial charge in [0.2, 0.25) is 0 Å². The van der Waals surface area contributed by atoms with Crippen LogP contribution in [0.2, 0.25) is 0 Å². The monoisotopic (exact) mass is 345 g/mol. The molecule has 0 unspecified atom stereocenters. The second kappa shape index (κ2) is 8.47. The maximum atomic E-state index is 5.71. The Morgan fingerprint density at radius 3 is 2.84 bits per heavy atom. The maximum Gasteiger partial charge on any atom is 0.106 e. The molecule has 0 bridgehead atoms. The second-order valence-electron chi connectivity index (χ2n) is 4.28. The van der Waals surface area contributed by atoms with Gasteiger partial charge in [0, 0.05) is 42.5 Å². The Morgan fingerprint density at radius 2 is 2.21 bits per heavy atom. The van der Waals surface area contributed by atoms with Crippen molar-refractivity contribution in [2.75, 3.05) is 45.7 Å². The standard InChI is InChI=1S/C13H20BrN3OS/c1-17(7-8-18-2)6-5-16-12-9-10(14)3-4-11(12)13(15)19/h3-4,9,16H,5-8H2,1-2H3,(H2,15,19). The van der Waals surface area contributed by atoms with E-state index in [0.29, 0.717) is 4.99 Å². The molecule has 0 saturated carbocycles. The van der Waals surface area contributed by atoms with Crippen molar-refractivity contribution in [3.05, 3.63) is 28.2 Å². The molecule has 0 radical (unpaired) electrons. The first-order valence-corrected chi connectivity index (χ1v) is 7.25. The Balaban J connectivity index is 2.52. The zero-order chi connectivity index (χ0) is 14.3. The van der Waals surface area contributed by atoms with Crippen LogP contribution in [0.5, 0.6) is 0 Å². The largest absolute Gasteiger partial charge is 0.389 e. The van der Waals surface area contributed by atoms with E-state index in [-0.39, 0.29) is 0 Å². The van der Waals surface area contributed by atoms with E-state index in [2.05, 4.69) is 33.2 Å². The van der Waals surface area contributed by atoms with Crippen molar-refractivity contribution in [1.29, 1.82) is 0 Å². The number of thiocarbonyl (C=S) groups is 1. The van der Waals surface area contributed by atoms with Gasteiger partial charge in [-0.05, 0) is 25.2 Å². The third kappa shape index (κ3) is 5.86. The summed E-state index contributed by atoms with van der Waals surface area (Å²) in [5.74, 6) is 0. The molecular weight excluding hydrogens is 326 g/mol. The molecular formula is C13H20BrN3OS. The number of hydrogen-bond acceptors (Lipinski definition) is 4. The summed E-state index contributed by atoms with van der Waals surface area (Å²) in [6, 6.07) is 5.84. The summed E-state index contributed by atoms with van der Waals surface area (Å²) < 4.78 is 6.04. The van der Waals surface area contributed by atoms with E-state index in [4.69, 9.17) is 22.7 Å². The highest BCUT2D eigenvalue weighted by Gasteiger charge is 2.06. The van der Waals surface area contributed by atoms with Gasteiger partial charge in [-0.15, -0.1) is 0 Å². The Bertz CT molecular complexity index is 428. The van der Waals surface area contributed by atoms with Gasteiger partial charge >= 0.3 is 0 Å². The van der Waals surface area contributed by atoms with Crippen molar-refractivity contribution in [2.45, 2.75) is 0 Å². The molecule has 0 aliphatic heterocycles. The molecule has 0 aliphatic carbocycles. The predicted molar refractivity (Wildman–Crippen MR) is 87.9 cm³/mol. The summed E-state index contributed by atoms with van der Waals surface area (Å²) in [5.41, 5.74) is 7.54. The normalized spacial score (nSPS) is 10.7. The smallest absolute Gasteiger partial charge is 0.106 e. The van der Waals surface area contributed by atoms with E-state index in [0.717, 1.165) is 42.0 Å². The fraction of sp³-hybridized carbons (Fsp3) is 0.462. The number of nitrogens with one attached hydrogen (secondary N) is 1. The van der Waals surface area contributed by atoms with Crippen LogP contribution in [0.25, 0.3) is 0 Å². The van der Waals surface area contributed by atoms with Gasteiger partial charge in [-0.2, -0.15) is 0 Å². The maximum absolute atomic E-state index is 5.71. The highest BCUT2D eigenvalue weighted by molar-refractivity contribution is 9.10. The van der Waals surface area contributed by atoms with E-state index in [1.165, 1.54) is 0 Å². The van der Waals surface area contributed by atoms with Gasteiger partial charge in [0.05, 0.1) is 6.61 Å². The lowest BCUT2D eigenvalue weighted by Crippen LogP contribution is -2.28. The van der Waals surface area contributed by atoms with Gasteiger partial charge in [-0.25, -0.2) is 0 Å². The summed E-state index contributed by atoms with van der Waals surface area (Å²) >= 11 is 8.50. The lowest BCUT2D eigenvalue weighted by atomic mass is 10.2. The number of ether oxygens (including phenoxy) is 1. The molecule has 0 fully saturated rings. The number of rotatable bonds is 8. The van der Waals surface area contributed by atoms with Crippen LogP contribution in [0.1, 0.15) is 5.56 Å². The first kappa shape index (κ1) is 16.4. The summed E-state index contributed by atoms with van der Waals surface area (Å²) in [6.45, 7) is 3.41. The number of methoxy groups -OCH3 is 1. The highest BCUT2D eigenvalue weighted by atomic mass is 79.9. The van der Waals surface area contributed by atoms with Crippen molar-refractivity contribution < 1.29 is 4.74 Å². The molecule has 0 aliphatic rings. The zero-order valence-electron chi connectivity index (χ0n) is 11.3. The first-order chi connectivity index (χ1) is 9.04. The number of nitrogens with two attached hydrogens (primary N) is 1. The quantitative estimate of drug-likeness (QED) is 0.706. The molecule has 1 aromatic carbocycles. The molecule has 0 aromatic heterocycles. The molecule has 1 rings (SSSR count). The third-order valence-corrected chi connectivity index (χ3v) is 3.45. The van der Waals surface area contributed by atoms with E-state index >= 15 is 0 Å². The molecule has 0 amide bonds. The minimum atomic E-state index is 0.405. The van der Waals surface area contributed by atoms with Gasteiger partial charge < -0.3 is 20.7 Å². The number of hydrogen-bond donors (Lipinski definition) is 2. The lowest BCUT2D eigenvalue weighted by molar-refractivity contribution is 0.163. The van der Waals surface area contributed by atoms with E-state index in [1.807, 2.05) is 18.2 Å². The van der Waals surface area contributed by atoms with Crippen LogP contribution in [-0.2, 0) is 4.74 Å². The van der Waals surface area contributed by atoms with Gasteiger partial charge in [-0.3, -0.25) is 0 Å². The number of halogens is 1. The van der Waals surface area contributed by atoms with Gasteiger partial charge in [0.1, 0.15) is 4.99 Å². The van der Waals surface area contributed by atoms with Crippen molar-refractivity contribution in [2.24, 2.45) is 5.73 Å². The van der Waals surface area contributed by atoms with E-state index in [1.54, 1.807) is 7.11 Å². The van der Waals surface area contributed by atoms with Gasteiger partial charge in [-0.1, -0.05) is 28.1 Å². The van der Waals surface area contributed by atoms with Crippen LogP contribution in [0.3, 0.4) is 0 Å². The van der Waals surface area contributed by atoms with Gasteiger partial charge in [0.25, 0.3) is 0 Å². The average Bonchev–Trinajstić information content (AvgIpc) is 2.36. The molecule has 0 saturated heterocycles. The predicted octanol–water partition coefficient (Wildman–Crippen LogP) is 2.07.